The largest absolute Gasteiger partial charge is 0.357 e. The Morgan fingerprint density at radius 3 is 2.75 bits per heavy atom. The van der Waals surface area contributed by atoms with Gasteiger partial charge in [0.1, 0.15) is 5.82 Å². The van der Waals surface area contributed by atoms with Gasteiger partial charge in [0.2, 0.25) is 0 Å². The lowest BCUT2D eigenvalue weighted by Crippen LogP contribution is -2.23. The second-order valence-corrected chi connectivity index (χ2v) is 7.11. The zero-order chi connectivity index (χ0) is 17.5. The number of thioether (sulfide) groups is 1. The molecule has 0 aliphatic rings. The predicted molar refractivity (Wildman–Crippen MR) is 98.9 cm³/mol. The molecule has 6 nitrogen and oxygen atoms in total. The Labute approximate surface area is 149 Å². The summed E-state index contributed by atoms with van der Waals surface area (Å²) in [6, 6.07) is 5.70. The molecule has 8 heteroatoms. The van der Waals surface area contributed by atoms with E-state index < -0.39 is 0 Å². The molecule has 0 aliphatic heterocycles. The third kappa shape index (κ3) is 4.46. The molecular formula is C16H19N5OS2. The van der Waals surface area contributed by atoms with Crippen LogP contribution in [-0.4, -0.2) is 34.7 Å². The van der Waals surface area contributed by atoms with Crippen molar-refractivity contribution in [3.8, 4) is 6.07 Å². The third-order valence-corrected chi connectivity index (χ3v) is 5.64. The van der Waals surface area contributed by atoms with E-state index in [0.29, 0.717) is 16.4 Å². The van der Waals surface area contributed by atoms with Crippen LogP contribution in [0.25, 0.3) is 0 Å². The van der Waals surface area contributed by atoms with Gasteiger partial charge >= 0.3 is 0 Å². The number of nitriles is 1. The van der Waals surface area contributed by atoms with E-state index in [1.165, 1.54) is 23.1 Å². The maximum atomic E-state index is 12.3. The normalized spacial score (nSPS) is 10.2. The van der Waals surface area contributed by atoms with Crippen molar-refractivity contribution < 1.29 is 4.79 Å². The summed E-state index contributed by atoms with van der Waals surface area (Å²) in [7, 11) is 0. The van der Waals surface area contributed by atoms with Crippen molar-refractivity contribution >= 4 is 40.0 Å². The number of aromatic nitrogens is 2. The molecular weight excluding hydrogens is 342 g/mol. The van der Waals surface area contributed by atoms with E-state index in [-0.39, 0.29) is 5.91 Å². The summed E-state index contributed by atoms with van der Waals surface area (Å²) in [5.74, 6) is 0.990. The van der Waals surface area contributed by atoms with Crippen molar-refractivity contribution in [3.63, 3.8) is 0 Å². The average molecular weight is 361 g/mol. The van der Waals surface area contributed by atoms with Gasteiger partial charge < -0.3 is 4.90 Å². The van der Waals surface area contributed by atoms with Crippen LogP contribution in [-0.2, 0) is 0 Å². The fraction of sp³-hybridized carbons (Fsp3) is 0.375. The number of nitrogens with one attached hydrogen (secondary N) is 1. The Morgan fingerprint density at radius 2 is 2.17 bits per heavy atom. The summed E-state index contributed by atoms with van der Waals surface area (Å²) in [4.78, 5) is 23.1. The molecule has 0 aromatic carbocycles. The molecule has 2 aromatic heterocycles. The minimum atomic E-state index is -0.237. The highest BCUT2D eigenvalue weighted by atomic mass is 32.2. The summed E-state index contributed by atoms with van der Waals surface area (Å²) >= 11 is 2.80. The van der Waals surface area contributed by atoms with Crippen molar-refractivity contribution in [2.24, 2.45) is 0 Å². The number of anilines is 2. The highest BCUT2D eigenvalue weighted by molar-refractivity contribution is 8.01. The van der Waals surface area contributed by atoms with Crippen LogP contribution in [0.4, 0.5) is 10.9 Å². The van der Waals surface area contributed by atoms with Crippen LogP contribution in [0.5, 0.6) is 0 Å². The number of thiazole rings is 1. The second-order valence-electron chi connectivity index (χ2n) is 4.87. The summed E-state index contributed by atoms with van der Waals surface area (Å²) < 4.78 is 0.946. The Balaban J connectivity index is 2.06. The monoisotopic (exact) mass is 361 g/mol. The number of aryl methyl sites for hydroxylation is 1. The van der Waals surface area contributed by atoms with Gasteiger partial charge in [-0.15, -0.1) is 0 Å². The van der Waals surface area contributed by atoms with Gasteiger partial charge in [-0.2, -0.15) is 5.26 Å². The third-order valence-electron chi connectivity index (χ3n) is 3.34. The van der Waals surface area contributed by atoms with Crippen LogP contribution < -0.4 is 10.2 Å². The molecule has 2 heterocycles. The predicted octanol–water partition coefficient (Wildman–Crippen LogP) is 3.56. The lowest BCUT2D eigenvalue weighted by Gasteiger charge is -2.19. The number of hydrogen-bond donors (Lipinski definition) is 1. The number of carbonyl (C=O) groups excluding carboxylic acids is 1. The SMILES string of the molecule is CCN(CC)c1ccc(C(=O)Nc2nc(C)c(SCC#N)s2)cn1. The van der Waals surface area contributed by atoms with Crippen LogP contribution in [0.3, 0.4) is 0 Å². The van der Waals surface area contributed by atoms with Crippen LogP contribution in [0.1, 0.15) is 29.9 Å². The number of pyridine rings is 1. The molecule has 0 unspecified atom stereocenters. The number of hydrogen-bond acceptors (Lipinski definition) is 7. The Morgan fingerprint density at radius 1 is 1.42 bits per heavy atom. The standard InChI is InChI=1S/C16H19N5OS2/c1-4-21(5-2)13-7-6-12(10-18-13)14(22)20-16-19-11(3)15(24-16)23-9-8-17/h6-7,10H,4-5,9H2,1-3H3,(H,19,20,22). The molecule has 0 bridgehead atoms. The molecule has 2 rings (SSSR count). The first-order chi connectivity index (χ1) is 11.6. The van der Waals surface area contributed by atoms with Gasteiger partial charge in [-0.25, -0.2) is 9.97 Å². The first-order valence-electron chi connectivity index (χ1n) is 7.58. The van der Waals surface area contributed by atoms with Crippen molar-refractivity contribution in [1.82, 2.24) is 9.97 Å². The molecule has 0 spiro atoms. The van der Waals surface area contributed by atoms with Gasteiger partial charge in [-0.05, 0) is 32.9 Å². The summed E-state index contributed by atoms with van der Waals surface area (Å²) in [6.45, 7) is 7.75. The number of nitrogens with zero attached hydrogens (tertiary/aromatic N) is 4. The molecule has 0 aliphatic carbocycles. The lowest BCUT2D eigenvalue weighted by molar-refractivity contribution is 0.102. The van der Waals surface area contributed by atoms with Crippen molar-refractivity contribution in [3.05, 3.63) is 29.6 Å². The maximum Gasteiger partial charge on any atom is 0.259 e. The van der Waals surface area contributed by atoms with Gasteiger partial charge in [0.25, 0.3) is 5.91 Å². The molecule has 0 saturated heterocycles. The van der Waals surface area contributed by atoms with E-state index in [2.05, 4.69) is 40.1 Å². The second kappa shape index (κ2) is 8.66. The fourth-order valence-electron chi connectivity index (χ4n) is 2.09. The molecule has 1 N–H and O–H groups in total. The van der Waals surface area contributed by atoms with Gasteiger partial charge in [0.05, 0.1) is 27.3 Å². The fourth-order valence-corrected chi connectivity index (χ4v) is 3.89. The van der Waals surface area contributed by atoms with E-state index in [1.54, 1.807) is 12.3 Å². The summed E-state index contributed by atoms with van der Waals surface area (Å²) in [5, 5.41) is 12.0. The van der Waals surface area contributed by atoms with Crippen molar-refractivity contribution in [2.75, 3.05) is 29.1 Å². The number of rotatable bonds is 7. The van der Waals surface area contributed by atoms with E-state index in [9.17, 15) is 4.79 Å². The molecule has 0 saturated carbocycles. The van der Waals surface area contributed by atoms with Crippen molar-refractivity contribution in [1.29, 1.82) is 5.26 Å². The molecule has 1 amide bonds. The van der Waals surface area contributed by atoms with Crippen LogP contribution in [0.2, 0.25) is 0 Å². The first kappa shape index (κ1) is 18.2. The zero-order valence-electron chi connectivity index (χ0n) is 13.9. The van der Waals surface area contributed by atoms with E-state index in [1.807, 2.05) is 13.0 Å². The highest BCUT2D eigenvalue weighted by Gasteiger charge is 2.13. The topological polar surface area (TPSA) is 81.9 Å². The van der Waals surface area contributed by atoms with Crippen LogP contribution >= 0.6 is 23.1 Å². The summed E-state index contributed by atoms with van der Waals surface area (Å²) in [6.07, 6.45) is 1.58. The molecule has 24 heavy (non-hydrogen) atoms. The maximum absolute atomic E-state index is 12.3. The quantitative estimate of drug-likeness (QED) is 0.759. The van der Waals surface area contributed by atoms with Crippen molar-refractivity contribution in [2.45, 2.75) is 25.0 Å². The van der Waals surface area contributed by atoms with Gasteiger partial charge in [-0.3, -0.25) is 10.1 Å². The molecule has 0 fully saturated rings. The molecule has 0 radical (unpaired) electrons. The Kier molecular flexibility index (Phi) is 6.58. The highest BCUT2D eigenvalue weighted by Crippen LogP contribution is 2.31. The number of amides is 1. The van der Waals surface area contributed by atoms with Gasteiger partial charge in [-0.1, -0.05) is 23.1 Å². The first-order valence-corrected chi connectivity index (χ1v) is 9.38. The Bertz CT molecular complexity index is 732. The molecule has 0 atom stereocenters. The Hall–Kier alpha value is -2.11. The lowest BCUT2D eigenvalue weighted by atomic mass is 10.2. The van der Waals surface area contributed by atoms with E-state index >= 15 is 0 Å². The molecule has 2 aromatic rings. The smallest absolute Gasteiger partial charge is 0.259 e. The van der Waals surface area contributed by atoms with Crippen LogP contribution in [0.15, 0.2) is 22.5 Å². The van der Waals surface area contributed by atoms with Crippen LogP contribution in [0, 0.1) is 18.3 Å². The van der Waals surface area contributed by atoms with E-state index in [4.69, 9.17) is 5.26 Å². The average Bonchev–Trinajstić information content (AvgIpc) is 2.94. The minimum absolute atomic E-state index is 0.237. The number of carbonyl (C=O) groups is 1. The van der Waals surface area contributed by atoms with Gasteiger partial charge in [0, 0.05) is 19.3 Å². The molecule has 126 valence electrons. The zero-order valence-corrected chi connectivity index (χ0v) is 15.5. The van der Waals surface area contributed by atoms with Gasteiger partial charge in [0.15, 0.2) is 5.13 Å². The summed E-state index contributed by atoms with van der Waals surface area (Å²) in [5.41, 5.74) is 1.32. The minimum Gasteiger partial charge on any atom is -0.357 e. The van der Waals surface area contributed by atoms with E-state index in [0.717, 1.165) is 28.8 Å².